The number of imide groups is 1. The molecule has 1 saturated heterocycles. The van der Waals surface area contributed by atoms with Crippen LogP contribution in [0.25, 0.3) is 0 Å². The summed E-state index contributed by atoms with van der Waals surface area (Å²) in [4.78, 5) is 24.0. The van der Waals surface area contributed by atoms with Gasteiger partial charge in [-0.25, -0.2) is 0 Å². The Labute approximate surface area is 76.9 Å². The predicted molar refractivity (Wildman–Crippen MR) is 45.6 cm³/mol. The van der Waals surface area contributed by atoms with Crippen LogP contribution in [0.1, 0.15) is 20.3 Å². The third-order valence-corrected chi connectivity index (χ3v) is 2.58. The van der Waals surface area contributed by atoms with Gasteiger partial charge in [0.25, 0.3) is 0 Å². The molecule has 1 rings (SSSR count). The second-order valence-electron chi connectivity index (χ2n) is 3.45. The number of halogens is 1. The van der Waals surface area contributed by atoms with Gasteiger partial charge in [0.1, 0.15) is 0 Å². The fraction of sp³-hybridized carbons (Fsp3) is 0.778. The largest absolute Gasteiger partial charge is 0.282 e. The van der Waals surface area contributed by atoms with E-state index in [2.05, 4.69) is 0 Å². The molecule has 4 heteroatoms. The van der Waals surface area contributed by atoms with Gasteiger partial charge in [-0.3, -0.25) is 18.9 Å². The van der Waals surface area contributed by atoms with Gasteiger partial charge in [-0.15, -0.1) is 0 Å². The first-order valence-corrected chi connectivity index (χ1v) is 4.50. The Morgan fingerprint density at radius 1 is 1.23 bits per heavy atom. The minimum atomic E-state index is -0.486. The summed E-state index contributed by atoms with van der Waals surface area (Å²) in [6.07, 6.45) is 0.247. The summed E-state index contributed by atoms with van der Waals surface area (Å²) in [6.45, 7) is 3.21. The minimum absolute atomic E-state index is 0.161. The fourth-order valence-corrected chi connectivity index (χ4v) is 1.47. The van der Waals surface area contributed by atoms with E-state index in [0.29, 0.717) is 0 Å². The summed E-state index contributed by atoms with van der Waals surface area (Å²) in [5, 5.41) is 0. The van der Waals surface area contributed by atoms with Crippen molar-refractivity contribution in [2.45, 2.75) is 20.3 Å². The van der Waals surface area contributed by atoms with Gasteiger partial charge < -0.3 is 0 Å². The summed E-state index contributed by atoms with van der Waals surface area (Å²) >= 11 is 0. The number of carbonyl (C=O) groups is 2. The summed E-state index contributed by atoms with van der Waals surface area (Å²) in [5.41, 5.74) is 0. The Bertz CT molecular complexity index is 210. The van der Waals surface area contributed by atoms with Gasteiger partial charge in [0.15, 0.2) is 0 Å². The molecular weight excluding hydrogens is 173 g/mol. The monoisotopic (exact) mass is 187 g/mol. The zero-order valence-electron chi connectivity index (χ0n) is 7.92. The maximum Gasteiger partial charge on any atom is 0.232 e. The van der Waals surface area contributed by atoms with Gasteiger partial charge in [0.2, 0.25) is 11.8 Å². The van der Waals surface area contributed by atoms with E-state index in [1.807, 2.05) is 0 Å². The molecule has 0 radical (unpaired) electrons. The van der Waals surface area contributed by atoms with Gasteiger partial charge >= 0.3 is 0 Å². The van der Waals surface area contributed by atoms with Crippen LogP contribution >= 0.6 is 0 Å². The second-order valence-corrected chi connectivity index (χ2v) is 3.45. The van der Waals surface area contributed by atoms with E-state index in [9.17, 15) is 14.0 Å². The molecule has 3 nitrogen and oxygen atoms in total. The number of amides is 2. The molecule has 0 aromatic rings. The molecule has 1 heterocycles. The van der Waals surface area contributed by atoms with Crippen LogP contribution in [0, 0.1) is 11.8 Å². The SMILES string of the molecule is CC1C(=O)N(CCCF)C(=O)C1C. The maximum absolute atomic E-state index is 11.8. The molecule has 0 aromatic carbocycles. The zero-order valence-corrected chi connectivity index (χ0v) is 7.92. The fourth-order valence-electron chi connectivity index (χ4n) is 1.47. The van der Waals surface area contributed by atoms with E-state index in [0.717, 1.165) is 0 Å². The molecule has 13 heavy (non-hydrogen) atoms. The van der Waals surface area contributed by atoms with Crippen molar-refractivity contribution >= 4 is 11.8 Å². The third kappa shape index (κ3) is 1.71. The molecule has 1 aliphatic rings. The first-order valence-electron chi connectivity index (χ1n) is 4.50. The molecule has 0 aliphatic carbocycles. The summed E-state index contributed by atoms with van der Waals surface area (Å²) in [7, 11) is 0. The highest BCUT2D eigenvalue weighted by Gasteiger charge is 2.41. The Morgan fingerprint density at radius 2 is 1.69 bits per heavy atom. The standard InChI is InChI=1S/C9H14FNO2/c1-6-7(2)9(13)11(8(6)12)5-3-4-10/h6-7H,3-5H2,1-2H3. The molecule has 1 aliphatic heterocycles. The Balaban J connectivity index is 2.64. The molecule has 74 valence electrons. The highest BCUT2D eigenvalue weighted by molar-refractivity contribution is 6.04. The van der Waals surface area contributed by atoms with Crippen molar-refractivity contribution in [3.8, 4) is 0 Å². The van der Waals surface area contributed by atoms with Crippen LogP contribution in [-0.2, 0) is 9.59 Å². The highest BCUT2D eigenvalue weighted by atomic mass is 19.1. The van der Waals surface area contributed by atoms with Crippen molar-refractivity contribution in [1.82, 2.24) is 4.90 Å². The van der Waals surface area contributed by atoms with Crippen LogP contribution in [-0.4, -0.2) is 29.9 Å². The van der Waals surface area contributed by atoms with Gasteiger partial charge in [0, 0.05) is 18.4 Å². The lowest BCUT2D eigenvalue weighted by Crippen LogP contribution is -2.32. The van der Waals surface area contributed by atoms with Crippen LogP contribution in [0.4, 0.5) is 4.39 Å². The normalized spacial score (nSPS) is 28.7. The molecule has 0 saturated carbocycles. The zero-order chi connectivity index (χ0) is 10.0. The number of hydrogen-bond acceptors (Lipinski definition) is 2. The third-order valence-electron chi connectivity index (χ3n) is 2.58. The Morgan fingerprint density at radius 3 is 2.08 bits per heavy atom. The molecule has 0 N–H and O–H groups in total. The average molecular weight is 187 g/mol. The van der Waals surface area contributed by atoms with Gasteiger partial charge in [-0.1, -0.05) is 13.8 Å². The van der Waals surface area contributed by atoms with Crippen molar-refractivity contribution in [3.63, 3.8) is 0 Å². The Kier molecular flexibility index (Phi) is 3.01. The molecular formula is C9H14FNO2. The van der Waals surface area contributed by atoms with Crippen LogP contribution in [0.5, 0.6) is 0 Å². The molecule has 2 atom stereocenters. The highest BCUT2D eigenvalue weighted by Crippen LogP contribution is 2.25. The number of likely N-dealkylation sites (tertiary alicyclic amines) is 1. The van der Waals surface area contributed by atoms with E-state index in [4.69, 9.17) is 0 Å². The van der Waals surface area contributed by atoms with E-state index in [-0.39, 0.29) is 36.6 Å². The van der Waals surface area contributed by atoms with Crippen LogP contribution in [0.15, 0.2) is 0 Å². The number of alkyl halides is 1. The molecule has 0 spiro atoms. The van der Waals surface area contributed by atoms with Crippen LogP contribution in [0.3, 0.4) is 0 Å². The van der Waals surface area contributed by atoms with E-state index >= 15 is 0 Å². The van der Waals surface area contributed by atoms with Gasteiger partial charge in [-0.05, 0) is 6.42 Å². The first kappa shape index (κ1) is 10.2. The molecule has 1 fully saturated rings. The van der Waals surface area contributed by atoms with Crippen molar-refractivity contribution < 1.29 is 14.0 Å². The Hall–Kier alpha value is -0.930. The second kappa shape index (κ2) is 3.85. The lowest BCUT2D eigenvalue weighted by Gasteiger charge is -2.12. The molecule has 0 aromatic heterocycles. The van der Waals surface area contributed by atoms with Crippen molar-refractivity contribution in [1.29, 1.82) is 0 Å². The average Bonchev–Trinajstić information content (AvgIpc) is 2.30. The molecule has 0 bridgehead atoms. The maximum atomic E-state index is 11.8. The topological polar surface area (TPSA) is 37.4 Å². The van der Waals surface area contributed by atoms with E-state index in [1.165, 1.54) is 4.90 Å². The number of carbonyl (C=O) groups excluding carboxylic acids is 2. The minimum Gasteiger partial charge on any atom is -0.282 e. The predicted octanol–water partition coefficient (Wildman–Crippen LogP) is 0.987. The molecule has 2 amide bonds. The quantitative estimate of drug-likeness (QED) is 0.618. The number of rotatable bonds is 3. The molecule has 2 unspecified atom stereocenters. The lowest BCUT2D eigenvalue weighted by atomic mass is 10.00. The van der Waals surface area contributed by atoms with Crippen LogP contribution < -0.4 is 0 Å². The first-order chi connectivity index (χ1) is 6.09. The van der Waals surface area contributed by atoms with Gasteiger partial charge in [0.05, 0.1) is 6.67 Å². The smallest absolute Gasteiger partial charge is 0.232 e. The summed E-state index contributed by atoms with van der Waals surface area (Å²) in [5.74, 6) is -0.809. The van der Waals surface area contributed by atoms with Crippen molar-refractivity contribution in [3.05, 3.63) is 0 Å². The summed E-state index contributed by atoms with van der Waals surface area (Å²) < 4.78 is 11.8. The van der Waals surface area contributed by atoms with Crippen LogP contribution in [0.2, 0.25) is 0 Å². The van der Waals surface area contributed by atoms with E-state index in [1.54, 1.807) is 13.8 Å². The number of hydrogen-bond donors (Lipinski definition) is 0. The summed E-state index contributed by atoms with van der Waals surface area (Å²) in [6, 6.07) is 0. The lowest BCUT2D eigenvalue weighted by molar-refractivity contribution is -0.139. The van der Waals surface area contributed by atoms with Crippen molar-refractivity contribution in [2.75, 3.05) is 13.2 Å². The van der Waals surface area contributed by atoms with E-state index < -0.39 is 6.67 Å². The number of nitrogens with zero attached hydrogens (tertiary/aromatic N) is 1. The van der Waals surface area contributed by atoms with Crippen molar-refractivity contribution in [2.24, 2.45) is 11.8 Å². The van der Waals surface area contributed by atoms with Gasteiger partial charge in [-0.2, -0.15) is 0 Å².